The lowest BCUT2D eigenvalue weighted by Crippen LogP contribution is -2.14. The molecule has 0 radical (unpaired) electrons. The Morgan fingerprint density at radius 3 is 2.69 bits per heavy atom. The predicted octanol–water partition coefficient (Wildman–Crippen LogP) is 3.75. The van der Waals surface area contributed by atoms with Gasteiger partial charge < -0.3 is 10.1 Å². The van der Waals surface area contributed by atoms with Gasteiger partial charge in [0.05, 0.1) is 13.0 Å². The van der Waals surface area contributed by atoms with Crippen LogP contribution in [0.2, 0.25) is 0 Å². The van der Waals surface area contributed by atoms with Crippen LogP contribution in [0.3, 0.4) is 0 Å². The first-order valence-corrected chi connectivity index (χ1v) is 8.65. The number of rotatable bonds is 7. The molecular formula is C20H22N4O2. The van der Waals surface area contributed by atoms with Crippen LogP contribution in [0.4, 0.5) is 5.69 Å². The van der Waals surface area contributed by atoms with Gasteiger partial charge in [0.2, 0.25) is 5.91 Å². The largest absolute Gasteiger partial charge is 0.494 e. The molecule has 0 aliphatic heterocycles. The van der Waals surface area contributed by atoms with Crippen molar-refractivity contribution in [2.45, 2.75) is 26.7 Å². The van der Waals surface area contributed by atoms with Gasteiger partial charge in [-0.15, -0.1) is 0 Å². The van der Waals surface area contributed by atoms with E-state index < -0.39 is 0 Å². The Labute approximate surface area is 152 Å². The van der Waals surface area contributed by atoms with Crippen LogP contribution < -0.4 is 10.1 Å². The van der Waals surface area contributed by atoms with Crippen LogP contribution in [0.1, 0.15) is 24.7 Å². The molecule has 0 fully saturated rings. The van der Waals surface area contributed by atoms with E-state index in [1.54, 1.807) is 0 Å². The standard InChI is InChI=1S/C20H22N4O2/c1-3-11-26-18-6-4-5-15(12-18)13-19(25)22-17-9-7-16(8-10-17)20-21-14(2)23-24-20/h4-10,12H,3,11,13H2,1-2H3,(H,22,25)(H,21,23,24). The summed E-state index contributed by atoms with van der Waals surface area (Å²) in [7, 11) is 0. The van der Waals surface area contributed by atoms with E-state index in [0.29, 0.717) is 18.9 Å². The first kappa shape index (κ1) is 17.7. The molecule has 0 bridgehead atoms. The lowest BCUT2D eigenvalue weighted by molar-refractivity contribution is -0.115. The van der Waals surface area contributed by atoms with Gasteiger partial charge in [-0.2, -0.15) is 5.10 Å². The summed E-state index contributed by atoms with van der Waals surface area (Å²) in [5.74, 6) is 2.13. The molecule has 134 valence electrons. The molecular weight excluding hydrogens is 328 g/mol. The van der Waals surface area contributed by atoms with E-state index >= 15 is 0 Å². The molecule has 1 aromatic heterocycles. The fourth-order valence-corrected chi connectivity index (χ4v) is 2.53. The van der Waals surface area contributed by atoms with E-state index in [1.807, 2.05) is 55.5 Å². The van der Waals surface area contributed by atoms with E-state index in [-0.39, 0.29) is 5.91 Å². The SMILES string of the molecule is CCCOc1cccc(CC(=O)Nc2ccc(-c3n[nH]c(C)n3)cc2)c1. The minimum absolute atomic E-state index is 0.0702. The number of carbonyl (C=O) groups is 1. The molecule has 0 aliphatic rings. The van der Waals surface area contributed by atoms with Crippen LogP contribution >= 0.6 is 0 Å². The summed E-state index contributed by atoms with van der Waals surface area (Å²) in [5, 5.41) is 9.85. The Balaban J connectivity index is 1.59. The zero-order chi connectivity index (χ0) is 18.4. The molecule has 3 aromatic rings. The predicted molar refractivity (Wildman–Crippen MR) is 101 cm³/mol. The first-order chi connectivity index (χ1) is 12.6. The monoisotopic (exact) mass is 350 g/mol. The second-order valence-corrected chi connectivity index (χ2v) is 6.04. The minimum Gasteiger partial charge on any atom is -0.494 e. The van der Waals surface area contributed by atoms with Crippen LogP contribution in [-0.4, -0.2) is 27.7 Å². The maximum Gasteiger partial charge on any atom is 0.228 e. The Hall–Kier alpha value is -3.15. The van der Waals surface area contributed by atoms with Crippen molar-refractivity contribution in [3.8, 4) is 17.1 Å². The molecule has 2 N–H and O–H groups in total. The van der Waals surface area contributed by atoms with Crippen molar-refractivity contribution in [3.05, 3.63) is 59.9 Å². The molecule has 1 amide bonds. The second-order valence-electron chi connectivity index (χ2n) is 6.04. The first-order valence-electron chi connectivity index (χ1n) is 8.65. The van der Waals surface area contributed by atoms with Crippen molar-refractivity contribution in [1.82, 2.24) is 15.2 Å². The lowest BCUT2D eigenvalue weighted by atomic mass is 10.1. The Morgan fingerprint density at radius 2 is 2.00 bits per heavy atom. The number of aromatic amines is 1. The Bertz CT molecular complexity index is 872. The number of benzene rings is 2. The van der Waals surface area contributed by atoms with Crippen LogP contribution in [0, 0.1) is 6.92 Å². The van der Waals surface area contributed by atoms with E-state index in [9.17, 15) is 4.79 Å². The number of H-pyrrole nitrogens is 1. The molecule has 0 saturated heterocycles. The number of ether oxygens (including phenoxy) is 1. The highest BCUT2D eigenvalue weighted by Crippen LogP contribution is 2.19. The number of amides is 1. The zero-order valence-corrected chi connectivity index (χ0v) is 15.0. The maximum absolute atomic E-state index is 12.3. The van der Waals surface area contributed by atoms with Gasteiger partial charge in [0.25, 0.3) is 0 Å². The third-order valence-electron chi connectivity index (χ3n) is 3.76. The lowest BCUT2D eigenvalue weighted by Gasteiger charge is -2.08. The van der Waals surface area contributed by atoms with Crippen LogP contribution in [0.5, 0.6) is 5.75 Å². The summed E-state index contributed by atoms with van der Waals surface area (Å²) in [6.45, 7) is 4.59. The number of nitrogens with zero attached hydrogens (tertiary/aromatic N) is 2. The molecule has 0 aliphatic carbocycles. The van der Waals surface area contributed by atoms with Gasteiger partial charge in [-0.05, 0) is 55.3 Å². The van der Waals surface area contributed by atoms with Crippen LogP contribution in [0.15, 0.2) is 48.5 Å². The topological polar surface area (TPSA) is 79.9 Å². The van der Waals surface area contributed by atoms with E-state index in [0.717, 1.165) is 34.8 Å². The fraction of sp³-hybridized carbons (Fsp3) is 0.250. The Morgan fingerprint density at radius 1 is 1.19 bits per heavy atom. The van der Waals surface area contributed by atoms with E-state index in [4.69, 9.17) is 4.74 Å². The zero-order valence-electron chi connectivity index (χ0n) is 15.0. The molecule has 26 heavy (non-hydrogen) atoms. The molecule has 3 rings (SSSR count). The number of hydrogen-bond acceptors (Lipinski definition) is 4. The quantitative estimate of drug-likeness (QED) is 0.680. The molecule has 0 atom stereocenters. The smallest absolute Gasteiger partial charge is 0.228 e. The number of hydrogen-bond donors (Lipinski definition) is 2. The number of aromatic nitrogens is 3. The van der Waals surface area contributed by atoms with Gasteiger partial charge in [0.1, 0.15) is 11.6 Å². The van der Waals surface area contributed by atoms with Crippen molar-refractivity contribution in [2.24, 2.45) is 0 Å². The number of carbonyl (C=O) groups excluding carboxylic acids is 1. The van der Waals surface area contributed by atoms with Crippen molar-refractivity contribution in [2.75, 3.05) is 11.9 Å². The highest BCUT2D eigenvalue weighted by atomic mass is 16.5. The van der Waals surface area contributed by atoms with E-state index in [2.05, 4.69) is 27.4 Å². The van der Waals surface area contributed by atoms with Gasteiger partial charge in [-0.1, -0.05) is 19.1 Å². The summed E-state index contributed by atoms with van der Waals surface area (Å²) in [4.78, 5) is 16.6. The van der Waals surface area contributed by atoms with Crippen LogP contribution in [-0.2, 0) is 11.2 Å². The molecule has 0 saturated carbocycles. The number of anilines is 1. The molecule has 0 spiro atoms. The molecule has 6 nitrogen and oxygen atoms in total. The normalized spacial score (nSPS) is 10.5. The maximum atomic E-state index is 12.3. The summed E-state index contributed by atoms with van der Waals surface area (Å²) in [5.41, 5.74) is 2.56. The van der Waals surface area contributed by atoms with Gasteiger partial charge in [0, 0.05) is 11.3 Å². The van der Waals surface area contributed by atoms with Crippen molar-refractivity contribution < 1.29 is 9.53 Å². The highest BCUT2D eigenvalue weighted by Gasteiger charge is 2.07. The van der Waals surface area contributed by atoms with Gasteiger partial charge >= 0.3 is 0 Å². The summed E-state index contributed by atoms with van der Waals surface area (Å²) < 4.78 is 5.61. The minimum atomic E-state index is -0.0702. The molecule has 2 aromatic carbocycles. The second kappa shape index (κ2) is 8.29. The van der Waals surface area contributed by atoms with E-state index in [1.165, 1.54) is 0 Å². The third-order valence-corrected chi connectivity index (χ3v) is 3.76. The Kier molecular flexibility index (Phi) is 5.63. The van der Waals surface area contributed by atoms with Crippen molar-refractivity contribution in [1.29, 1.82) is 0 Å². The van der Waals surface area contributed by atoms with Gasteiger partial charge in [-0.25, -0.2) is 4.98 Å². The van der Waals surface area contributed by atoms with Crippen molar-refractivity contribution in [3.63, 3.8) is 0 Å². The average Bonchev–Trinajstić information content (AvgIpc) is 3.07. The van der Waals surface area contributed by atoms with Gasteiger partial charge in [0.15, 0.2) is 5.82 Å². The average molecular weight is 350 g/mol. The summed E-state index contributed by atoms with van der Waals surface area (Å²) in [6.07, 6.45) is 1.25. The molecule has 1 heterocycles. The molecule has 6 heteroatoms. The molecule has 0 unspecified atom stereocenters. The van der Waals surface area contributed by atoms with Crippen molar-refractivity contribution >= 4 is 11.6 Å². The number of nitrogens with one attached hydrogen (secondary N) is 2. The van der Waals surface area contributed by atoms with Crippen LogP contribution in [0.25, 0.3) is 11.4 Å². The third kappa shape index (κ3) is 4.69. The summed E-state index contributed by atoms with van der Waals surface area (Å²) >= 11 is 0. The number of aryl methyl sites for hydroxylation is 1. The van der Waals surface area contributed by atoms with Gasteiger partial charge in [-0.3, -0.25) is 9.89 Å². The fourth-order valence-electron chi connectivity index (χ4n) is 2.53. The summed E-state index contributed by atoms with van der Waals surface area (Å²) in [6, 6.07) is 15.1. The highest BCUT2D eigenvalue weighted by molar-refractivity contribution is 5.92.